The maximum atomic E-state index is 13.8. The molecule has 2 amide bonds. The zero-order valence-electron chi connectivity index (χ0n) is 30.7. The van der Waals surface area contributed by atoms with Gasteiger partial charge in [0.2, 0.25) is 5.91 Å². The Hall–Kier alpha value is -5.39. The molecule has 10 nitrogen and oxygen atoms in total. The van der Waals surface area contributed by atoms with Gasteiger partial charge in [0, 0.05) is 34.8 Å². The fourth-order valence-corrected chi connectivity index (χ4v) is 7.39. The molecule has 0 spiro atoms. The molecule has 1 aliphatic rings. The molecule has 0 aliphatic heterocycles. The Morgan fingerprint density at radius 2 is 1.46 bits per heavy atom. The summed E-state index contributed by atoms with van der Waals surface area (Å²) in [5, 5.41) is 26.2. The molecule has 1 aliphatic carbocycles. The van der Waals surface area contributed by atoms with Crippen molar-refractivity contribution in [3.63, 3.8) is 0 Å². The van der Waals surface area contributed by atoms with Crippen LogP contribution in [0, 0.1) is 0 Å². The normalized spacial score (nSPS) is 15.1. The number of nitrogens with zero attached hydrogens (tertiary/aromatic N) is 2. The minimum absolute atomic E-state index is 0.0589. The van der Waals surface area contributed by atoms with Crippen molar-refractivity contribution in [2.45, 2.75) is 89.0 Å². The van der Waals surface area contributed by atoms with Gasteiger partial charge in [-0.1, -0.05) is 93.9 Å². The quantitative estimate of drug-likeness (QED) is 0.0966. The monoisotopic (exact) mass is 746 g/mol. The molecule has 4 N–H and O–H groups in total. The highest BCUT2D eigenvalue weighted by Crippen LogP contribution is 2.30. The molecule has 2 aromatic heterocycles. The molecule has 0 saturated heterocycles. The second-order valence-electron chi connectivity index (χ2n) is 14.7. The third kappa shape index (κ3) is 9.77. The Bertz CT molecular complexity index is 2020. The van der Waals surface area contributed by atoms with Crippen LogP contribution in [-0.4, -0.2) is 56.2 Å². The van der Waals surface area contributed by atoms with E-state index in [0.29, 0.717) is 21.8 Å². The van der Waals surface area contributed by atoms with Crippen LogP contribution < -0.4 is 15.4 Å². The van der Waals surface area contributed by atoms with E-state index in [4.69, 9.17) is 4.74 Å². The molecular formula is C43H46N4O6S. The number of aliphatic carboxylic acids is 1. The Kier molecular flexibility index (Phi) is 12.2. The topological polar surface area (TPSA) is 151 Å². The summed E-state index contributed by atoms with van der Waals surface area (Å²) in [5.41, 5.74) is 3.50. The van der Waals surface area contributed by atoms with Gasteiger partial charge >= 0.3 is 5.97 Å². The van der Waals surface area contributed by atoms with Crippen LogP contribution in [0.1, 0.15) is 84.7 Å². The largest absolute Gasteiger partial charge is 0.490 e. The molecule has 54 heavy (non-hydrogen) atoms. The smallest absolute Gasteiger partial charge is 0.329 e. The lowest BCUT2D eigenvalue weighted by molar-refractivity contribution is -0.145. The van der Waals surface area contributed by atoms with Gasteiger partial charge in [0.05, 0.1) is 11.0 Å². The summed E-state index contributed by atoms with van der Waals surface area (Å²) in [7, 11) is 0. The van der Waals surface area contributed by atoms with Crippen LogP contribution >= 0.6 is 11.3 Å². The molecule has 0 radical (unpaired) electrons. The standard InChI is InChI=1S/C43H46N4O6S/c1-43(2,3)36-23-22-35(54-36)41(50)46-34(40(49)47-37(42(51)52)38(48)29-10-6-4-7-11-29)24-27-14-16-30(17-15-27)39-44-25-31(26-45-39)28-18-20-33(21-19-28)53-32-12-8-5-9-13-32/h4,6-7,10-11,14-23,25-26,32,34,37-38,48H,5,8-9,12-13,24H2,1-3H3,(H,46,50)(H,47,49)(H,51,52)/t34-,37?,38?/m0/s1. The average Bonchev–Trinajstić information content (AvgIpc) is 3.70. The number of amides is 2. The first-order chi connectivity index (χ1) is 25.9. The van der Waals surface area contributed by atoms with Crippen molar-refractivity contribution in [3.05, 3.63) is 124 Å². The van der Waals surface area contributed by atoms with E-state index in [1.807, 2.05) is 54.6 Å². The number of ether oxygens (including phenoxy) is 1. The summed E-state index contributed by atoms with van der Waals surface area (Å²) in [6.07, 6.45) is 8.32. The van der Waals surface area contributed by atoms with Gasteiger partial charge in [-0.25, -0.2) is 14.8 Å². The molecule has 11 heteroatoms. The minimum atomic E-state index is -1.65. The molecule has 6 rings (SSSR count). The zero-order valence-corrected chi connectivity index (χ0v) is 31.5. The molecule has 2 heterocycles. The third-order valence-electron chi connectivity index (χ3n) is 9.56. The Morgan fingerprint density at radius 1 is 0.815 bits per heavy atom. The van der Waals surface area contributed by atoms with Crippen LogP contribution in [0.5, 0.6) is 5.75 Å². The van der Waals surface area contributed by atoms with E-state index in [9.17, 15) is 24.6 Å². The molecular weight excluding hydrogens is 701 g/mol. The van der Waals surface area contributed by atoms with E-state index in [1.165, 1.54) is 30.6 Å². The van der Waals surface area contributed by atoms with E-state index in [2.05, 4.69) is 41.4 Å². The Balaban J connectivity index is 1.16. The van der Waals surface area contributed by atoms with Gasteiger partial charge in [-0.15, -0.1) is 11.3 Å². The summed E-state index contributed by atoms with van der Waals surface area (Å²) in [4.78, 5) is 50.1. The molecule has 0 bridgehead atoms. The first-order valence-corrected chi connectivity index (χ1v) is 19.1. The lowest BCUT2D eigenvalue weighted by Crippen LogP contribution is -2.54. The number of thiophene rings is 1. The number of aliphatic hydroxyl groups excluding tert-OH is 1. The summed E-state index contributed by atoms with van der Waals surface area (Å²) < 4.78 is 6.17. The third-order valence-corrected chi connectivity index (χ3v) is 11.1. The second kappa shape index (κ2) is 17.2. The second-order valence-corrected chi connectivity index (χ2v) is 15.8. The highest BCUT2D eigenvalue weighted by Gasteiger charge is 2.33. The predicted octanol–water partition coefficient (Wildman–Crippen LogP) is 7.53. The highest BCUT2D eigenvalue weighted by molar-refractivity contribution is 7.14. The molecule has 2 unspecified atom stereocenters. The Morgan fingerprint density at radius 3 is 2.07 bits per heavy atom. The number of aromatic nitrogens is 2. The van der Waals surface area contributed by atoms with Crippen molar-refractivity contribution in [2.24, 2.45) is 0 Å². The van der Waals surface area contributed by atoms with E-state index < -0.39 is 36.0 Å². The van der Waals surface area contributed by atoms with E-state index in [1.54, 1.807) is 48.8 Å². The predicted molar refractivity (Wildman–Crippen MR) is 209 cm³/mol. The molecule has 3 atom stereocenters. The number of benzene rings is 3. The zero-order chi connectivity index (χ0) is 38.2. The van der Waals surface area contributed by atoms with Crippen molar-refractivity contribution in [1.29, 1.82) is 0 Å². The number of carbonyl (C=O) groups excluding carboxylic acids is 2. The van der Waals surface area contributed by atoms with Crippen molar-refractivity contribution >= 4 is 29.1 Å². The molecule has 1 fully saturated rings. The number of carboxylic acid groups (broad SMARTS) is 1. The summed E-state index contributed by atoms with van der Waals surface area (Å²) in [6, 6.07) is 24.4. The van der Waals surface area contributed by atoms with Gasteiger partial charge in [0.15, 0.2) is 11.9 Å². The molecule has 1 saturated carbocycles. The first-order valence-electron chi connectivity index (χ1n) is 18.3. The van der Waals surface area contributed by atoms with Gasteiger partial charge in [0.1, 0.15) is 17.9 Å². The Labute approximate surface area is 319 Å². The maximum absolute atomic E-state index is 13.8. The minimum Gasteiger partial charge on any atom is -0.490 e. The molecule has 3 aromatic carbocycles. The van der Waals surface area contributed by atoms with Crippen LogP contribution in [0.15, 0.2) is 103 Å². The van der Waals surface area contributed by atoms with Gasteiger partial charge in [-0.2, -0.15) is 0 Å². The summed E-state index contributed by atoms with van der Waals surface area (Å²) in [6.45, 7) is 6.16. The number of carboxylic acids is 1. The van der Waals surface area contributed by atoms with Crippen LogP contribution in [0.4, 0.5) is 0 Å². The van der Waals surface area contributed by atoms with Crippen LogP contribution in [0.25, 0.3) is 22.5 Å². The highest BCUT2D eigenvalue weighted by atomic mass is 32.1. The SMILES string of the molecule is CC(C)(C)c1ccc(C(=O)N[C@@H](Cc2ccc(-c3ncc(-c4ccc(OC5CCCCC5)cc4)cn3)cc2)C(=O)NC(C(=O)O)C(O)c2ccccc2)s1. The number of hydrogen-bond acceptors (Lipinski definition) is 8. The number of aliphatic hydroxyl groups is 1. The van der Waals surface area contributed by atoms with Crippen molar-refractivity contribution < 1.29 is 29.3 Å². The van der Waals surface area contributed by atoms with Gasteiger partial charge in [0.25, 0.3) is 5.91 Å². The number of carbonyl (C=O) groups is 3. The van der Waals surface area contributed by atoms with E-state index >= 15 is 0 Å². The lowest BCUT2D eigenvalue weighted by atomic mass is 9.95. The number of rotatable bonds is 13. The number of hydrogen-bond donors (Lipinski definition) is 4. The average molecular weight is 747 g/mol. The van der Waals surface area contributed by atoms with Crippen molar-refractivity contribution in [3.8, 4) is 28.3 Å². The maximum Gasteiger partial charge on any atom is 0.329 e. The summed E-state index contributed by atoms with van der Waals surface area (Å²) >= 11 is 1.34. The fraction of sp³-hybridized carbons (Fsp3) is 0.326. The molecule has 280 valence electrons. The van der Waals surface area contributed by atoms with Crippen LogP contribution in [0.2, 0.25) is 0 Å². The lowest BCUT2D eigenvalue weighted by Gasteiger charge is -2.24. The van der Waals surface area contributed by atoms with Crippen molar-refractivity contribution in [2.75, 3.05) is 0 Å². The van der Waals surface area contributed by atoms with Crippen molar-refractivity contribution in [1.82, 2.24) is 20.6 Å². The fourth-order valence-electron chi connectivity index (χ4n) is 6.43. The van der Waals surface area contributed by atoms with E-state index in [-0.39, 0.29) is 17.9 Å². The van der Waals surface area contributed by atoms with Gasteiger partial charge < -0.3 is 25.6 Å². The van der Waals surface area contributed by atoms with Gasteiger partial charge in [-0.05, 0) is 72.1 Å². The van der Waals surface area contributed by atoms with E-state index in [0.717, 1.165) is 40.2 Å². The first kappa shape index (κ1) is 38.3. The molecule has 5 aromatic rings. The summed E-state index contributed by atoms with van der Waals surface area (Å²) in [5.74, 6) is -1.21. The van der Waals surface area contributed by atoms with Crippen LogP contribution in [-0.2, 0) is 21.4 Å². The van der Waals surface area contributed by atoms with Crippen LogP contribution in [0.3, 0.4) is 0 Å². The van der Waals surface area contributed by atoms with Gasteiger partial charge in [-0.3, -0.25) is 9.59 Å². The number of nitrogens with one attached hydrogen (secondary N) is 2.